The third-order valence-electron chi connectivity index (χ3n) is 3.79. The van der Waals surface area contributed by atoms with Crippen molar-refractivity contribution in [3.8, 4) is 11.5 Å². The molecule has 0 unspecified atom stereocenters. The van der Waals surface area contributed by atoms with E-state index in [1.165, 1.54) is 7.11 Å². The summed E-state index contributed by atoms with van der Waals surface area (Å²) in [5.41, 5.74) is 1.53. The summed E-state index contributed by atoms with van der Waals surface area (Å²) in [4.78, 5) is 28.0. The van der Waals surface area contributed by atoms with Crippen molar-refractivity contribution in [3.05, 3.63) is 61.3 Å². The van der Waals surface area contributed by atoms with Crippen LogP contribution in [0.2, 0.25) is 0 Å². The third kappa shape index (κ3) is 4.61. The highest BCUT2D eigenvalue weighted by Gasteiger charge is 2.24. The van der Waals surface area contributed by atoms with Gasteiger partial charge in [0, 0.05) is 20.0 Å². The summed E-state index contributed by atoms with van der Waals surface area (Å²) in [6.07, 6.45) is 1.85. The van der Waals surface area contributed by atoms with E-state index in [1.54, 1.807) is 31.2 Å². The van der Waals surface area contributed by atoms with Crippen molar-refractivity contribution in [2.24, 2.45) is 4.99 Å². The van der Waals surface area contributed by atoms with E-state index in [0.717, 1.165) is 8.04 Å². The quantitative estimate of drug-likeness (QED) is 0.231. The van der Waals surface area contributed by atoms with Gasteiger partial charge in [-0.1, -0.05) is 13.0 Å². The van der Waals surface area contributed by atoms with E-state index < -0.39 is 5.97 Å². The SMILES string of the molecule is CCC(=O)Oc1ccc(/C=C2\N=C(c3ccc(I)c(Br)c3)OC2=O)cc1OC. The van der Waals surface area contributed by atoms with E-state index in [2.05, 4.69) is 43.5 Å². The van der Waals surface area contributed by atoms with Gasteiger partial charge in [0.15, 0.2) is 17.2 Å². The van der Waals surface area contributed by atoms with Crippen LogP contribution in [-0.2, 0) is 14.3 Å². The molecule has 1 aliphatic heterocycles. The molecule has 0 atom stereocenters. The summed E-state index contributed by atoms with van der Waals surface area (Å²) >= 11 is 5.65. The summed E-state index contributed by atoms with van der Waals surface area (Å²) in [5, 5.41) is 0. The van der Waals surface area contributed by atoms with Crippen LogP contribution in [0.5, 0.6) is 11.5 Å². The van der Waals surface area contributed by atoms with Gasteiger partial charge in [0.1, 0.15) is 0 Å². The van der Waals surface area contributed by atoms with Crippen LogP contribution in [0.15, 0.2) is 51.6 Å². The van der Waals surface area contributed by atoms with Crippen LogP contribution in [0, 0.1) is 3.57 Å². The number of ether oxygens (including phenoxy) is 3. The average molecular weight is 556 g/mol. The van der Waals surface area contributed by atoms with Crippen LogP contribution in [0.4, 0.5) is 0 Å². The first-order valence-corrected chi connectivity index (χ1v) is 10.1. The number of methoxy groups -OCH3 is 1. The first-order chi connectivity index (χ1) is 13.4. The van der Waals surface area contributed by atoms with Crippen LogP contribution in [0.3, 0.4) is 0 Å². The van der Waals surface area contributed by atoms with E-state index in [0.29, 0.717) is 22.6 Å². The molecule has 0 N–H and O–H groups in total. The Labute approximate surface area is 183 Å². The number of cyclic esters (lactones) is 1. The molecule has 0 fully saturated rings. The van der Waals surface area contributed by atoms with Crippen LogP contribution in [-0.4, -0.2) is 24.9 Å². The van der Waals surface area contributed by atoms with Crippen LogP contribution in [0.1, 0.15) is 24.5 Å². The molecular weight excluding hydrogens is 541 g/mol. The van der Waals surface area contributed by atoms with E-state index in [-0.39, 0.29) is 24.0 Å². The van der Waals surface area contributed by atoms with E-state index in [1.807, 2.05) is 18.2 Å². The standard InChI is InChI=1S/C20H15BrINO5/c1-3-18(24)27-16-7-4-11(9-17(16)26-2)8-15-20(25)28-19(23-15)12-5-6-14(22)13(21)10-12/h4-10H,3H2,1-2H3/b15-8-. The normalized spacial score (nSPS) is 14.6. The Morgan fingerprint density at radius 2 is 2.04 bits per heavy atom. The number of hydrogen-bond acceptors (Lipinski definition) is 6. The highest BCUT2D eigenvalue weighted by Crippen LogP contribution is 2.30. The molecule has 2 aromatic rings. The fraction of sp³-hybridized carbons (Fsp3) is 0.150. The number of nitrogens with zero attached hydrogens (tertiary/aromatic N) is 1. The summed E-state index contributed by atoms with van der Waals surface area (Å²) in [6, 6.07) is 10.6. The molecule has 0 spiro atoms. The zero-order valence-electron chi connectivity index (χ0n) is 15.0. The third-order valence-corrected chi connectivity index (χ3v) is 6.13. The second-order valence-corrected chi connectivity index (χ2v) is 7.72. The molecule has 144 valence electrons. The van der Waals surface area contributed by atoms with E-state index in [4.69, 9.17) is 14.2 Å². The number of rotatable bonds is 5. The molecule has 0 radical (unpaired) electrons. The van der Waals surface area contributed by atoms with Gasteiger partial charge in [0.25, 0.3) is 0 Å². The van der Waals surface area contributed by atoms with Gasteiger partial charge in [-0.2, -0.15) is 0 Å². The van der Waals surface area contributed by atoms with E-state index in [9.17, 15) is 9.59 Å². The largest absolute Gasteiger partial charge is 0.493 e. The Hall–Kier alpha value is -2.20. The van der Waals surface area contributed by atoms with Crippen molar-refractivity contribution < 1.29 is 23.8 Å². The molecule has 3 rings (SSSR count). The Morgan fingerprint density at radius 1 is 1.25 bits per heavy atom. The number of esters is 2. The zero-order valence-corrected chi connectivity index (χ0v) is 18.7. The number of carbonyl (C=O) groups is 2. The maximum Gasteiger partial charge on any atom is 0.363 e. The molecule has 0 amide bonds. The number of benzene rings is 2. The lowest BCUT2D eigenvalue weighted by molar-refractivity contribution is -0.134. The fourth-order valence-corrected chi connectivity index (χ4v) is 3.09. The Bertz CT molecular complexity index is 1020. The van der Waals surface area contributed by atoms with Crippen molar-refractivity contribution in [2.75, 3.05) is 7.11 Å². The molecule has 0 saturated heterocycles. The molecule has 2 aromatic carbocycles. The lowest BCUT2D eigenvalue weighted by atomic mass is 10.1. The van der Waals surface area contributed by atoms with Gasteiger partial charge in [-0.15, -0.1) is 0 Å². The minimum atomic E-state index is -0.537. The van der Waals surface area contributed by atoms with Crippen LogP contribution < -0.4 is 9.47 Å². The first kappa shape index (κ1) is 20.5. The van der Waals surface area contributed by atoms with Crippen LogP contribution in [0.25, 0.3) is 6.08 Å². The molecule has 1 heterocycles. The molecule has 1 aliphatic rings. The molecule has 0 saturated carbocycles. The molecule has 0 aromatic heterocycles. The van der Waals surface area contributed by atoms with Crippen molar-refractivity contribution >= 4 is 62.4 Å². The lowest BCUT2D eigenvalue weighted by Gasteiger charge is -2.09. The van der Waals surface area contributed by atoms with Gasteiger partial charge in [-0.25, -0.2) is 9.79 Å². The summed E-state index contributed by atoms with van der Waals surface area (Å²) in [5.74, 6) is 0.0485. The Kier molecular flexibility index (Phi) is 6.50. The van der Waals surface area contributed by atoms with Gasteiger partial charge in [0.05, 0.1) is 7.11 Å². The molecule has 6 nitrogen and oxygen atoms in total. The van der Waals surface area contributed by atoms with Crippen molar-refractivity contribution in [1.29, 1.82) is 0 Å². The molecule has 0 aliphatic carbocycles. The monoisotopic (exact) mass is 555 g/mol. The number of aliphatic imine (C=N–C) groups is 1. The smallest absolute Gasteiger partial charge is 0.363 e. The number of hydrogen-bond donors (Lipinski definition) is 0. The summed E-state index contributed by atoms with van der Waals surface area (Å²) in [6.45, 7) is 1.71. The second kappa shape index (κ2) is 8.87. The summed E-state index contributed by atoms with van der Waals surface area (Å²) in [7, 11) is 1.48. The summed E-state index contributed by atoms with van der Waals surface area (Å²) < 4.78 is 17.7. The van der Waals surface area contributed by atoms with Gasteiger partial charge < -0.3 is 14.2 Å². The number of carbonyl (C=O) groups excluding carboxylic acids is 2. The first-order valence-electron chi connectivity index (χ1n) is 8.28. The van der Waals surface area contributed by atoms with Crippen molar-refractivity contribution in [1.82, 2.24) is 0 Å². The Balaban J connectivity index is 1.90. The van der Waals surface area contributed by atoms with Gasteiger partial charge in [0.2, 0.25) is 5.90 Å². The number of halogens is 2. The molecule has 8 heteroatoms. The molecule has 28 heavy (non-hydrogen) atoms. The van der Waals surface area contributed by atoms with Crippen LogP contribution >= 0.6 is 38.5 Å². The van der Waals surface area contributed by atoms with Crippen molar-refractivity contribution in [3.63, 3.8) is 0 Å². The van der Waals surface area contributed by atoms with Gasteiger partial charge >= 0.3 is 11.9 Å². The lowest BCUT2D eigenvalue weighted by Crippen LogP contribution is -2.06. The fourth-order valence-electron chi connectivity index (χ4n) is 2.37. The maximum absolute atomic E-state index is 12.2. The van der Waals surface area contributed by atoms with Gasteiger partial charge in [-0.05, 0) is 80.5 Å². The Morgan fingerprint density at radius 3 is 2.71 bits per heavy atom. The predicted molar refractivity (Wildman–Crippen MR) is 116 cm³/mol. The topological polar surface area (TPSA) is 74.2 Å². The minimum absolute atomic E-state index is 0.171. The average Bonchev–Trinajstić information content (AvgIpc) is 3.05. The van der Waals surface area contributed by atoms with Crippen molar-refractivity contribution in [2.45, 2.75) is 13.3 Å². The highest BCUT2D eigenvalue weighted by molar-refractivity contribution is 14.1. The molecule has 0 bridgehead atoms. The van der Waals surface area contributed by atoms with Gasteiger partial charge in [-0.3, -0.25) is 4.79 Å². The second-order valence-electron chi connectivity index (χ2n) is 5.70. The minimum Gasteiger partial charge on any atom is -0.493 e. The maximum atomic E-state index is 12.2. The zero-order chi connectivity index (χ0) is 20.3. The molecular formula is C20H15BrINO5. The predicted octanol–water partition coefficient (Wildman–Crippen LogP) is 4.72. The highest BCUT2D eigenvalue weighted by atomic mass is 127. The van der Waals surface area contributed by atoms with E-state index >= 15 is 0 Å².